The van der Waals surface area contributed by atoms with Crippen molar-refractivity contribution in [2.75, 3.05) is 19.8 Å². The lowest BCUT2D eigenvalue weighted by atomic mass is 10.2. The molecule has 0 radical (unpaired) electrons. The van der Waals surface area contributed by atoms with E-state index in [1.807, 2.05) is 12.1 Å². The number of hydrogen-bond donors (Lipinski definition) is 2. The summed E-state index contributed by atoms with van der Waals surface area (Å²) in [6.45, 7) is 1.84. The van der Waals surface area contributed by atoms with Crippen LogP contribution in [0.3, 0.4) is 0 Å². The van der Waals surface area contributed by atoms with E-state index in [1.54, 1.807) is 6.26 Å². The van der Waals surface area contributed by atoms with E-state index >= 15 is 0 Å². The Kier molecular flexibility index (Phi) is 3.18. The lowest BCUT2D eigenvalue weighted by molar-refractivity contribution is 0.122. The van der Waals surface area contributed by atoms with E-state index in [-0.39, 0.29) is 12.1 Å². The normalized spacial score (nSPS) is 26.9. The minimum absolute atomic E-state index is 0.0740. The Hall–Kier alpha value is -0.840. The number of nitrogens with one attached hydrogen (secondary N) is 1. The molecule has 2 unspecified atom stereocenters. The molecule has 0 aromatic carbocycles. The summed E-state index contributed by atoms with van der Waals surface area (Å²) in [5.41, 5.74) is 0. The maximum atomic E-state index is 9.44. The van der Waals surface area contributed by atoms with Gasteiger partial charge in [-0.1, -0.05) is 0 Å². The summed E-state index contributed by atoms with van der Waals surface area (Å²) < 4.78 is 10.3. The van der Waals surface area contributed by atoms with Crippen LogP contribution in [0.15, 0.2) is 22.8 Å². The summed E-state index contributed by atoms with van der Waals surface area (Å²) >= 11 is 0. The molecule has 0 amide bonds. The van der Waals surface area contributed by atoms with Gasteiger partial charge >= 0.3 is 0 Å². The number of aliphatic hydroxyl groups excluding tert-OH is 1. The molecule has 1 aromatic heterocycles. The fraction of sp³-hybridized carbons (Fsp3) is 0.600. The van der Waals surface area contributed by atoms with Gasteiger partial charge in [-0.2, -0.15) is 0 Å². The van der Waals surface area contributed by atoms with Gasteiger partial charge in [-0.15, -0.1) is 0 Å². The van der Waals surface area contributed by atoms with Crippen molar-refractivity contribution in [1.82, 2.24) is 5.32 Å². The van der Waals surface area contributed by atoms with Gasteiger partial charge in [0.1, 0.15) is 5.76 Å². The quantitative estimate of drug-likeness (QED) is 0.722. The third-order valence-electron chi connectivity index (χ3n) is 2.41. The molecule has 0 aliphatic carbocycles. The zero-order chi connectivity index (χ0) is 9.80. The van der Waals surface area contributed by atoms with Crippen LogP contribution in [-0.2, 0) is 11.2 Å². The molecule has 2 rings (SSSR count). The van der Waals surface area contributed by atoms with Crippen LogP contribution in [0.1, 0.15) is 5.76 Å². The van der Waals surface area contributed by atoms with Crippen LogP contribution in [0.25, 0.3) is 0 Å². The van der Waals surface area contributed by atoms with E-state index < -0.39 is 0 Å². The topological polar surface area (TPSA) is 54.6 Å². The first-order valence-corrected chi connectivity index (χ1v) is 4.88. The molecule has 14 heavy (non-hydrogen) atoms. The average Bonchev–Trinajstić information content (AvgIpc) is 2.78. The van der Waals surface area contributed by atoms with Gasteiger partial charge in [0.15, 0.2) is 0 Å². The standard InChI is InChI=1S/C10H15NO3/c12-10-7-13-6-9(10)11-4-3-8-2-1-5-14-8/h1-2,5,9-12H,3-4,6-7H2. The minimum atomic E-state index is -0.369. The maximum Gasteiger partial charge on any atom is 0.105 e. The highest BCUT2D eigenvalue weighted by molar-refractivity contribution is 4.98. The zero-order valence-electron chi connectivity index (χ0n) is 7.98. The van der Waals surface area contributed by atoms with E-state index in [0.29, 0.717) is 13.2 Å². The molecule has 2 atom stereocenters. The van der Waals surface area contributed by atoms with Gasteiger partial charge in [0.25, 0.3) is 0 Å². The fourth-order valence-electron chi connectivity index (χ4n) is 1.57. The van der Waals surface area contributed by atoms with Gasteiger partial charge in [0.05, 0.1) is 31.6 Å². The Morgan fingerprint density at radius 3 is 3.07 bits per heavy atom. The molecule has 1 fully saturated rings. The summed E-state index contributed by atoms with van der Waals surface area (Å²) in [6, 6.07) is 3.90. The molecule has 1 aliphatic rings. The van der Waals surface area contributed by atoms with Crippen molar-refractivity contribution in [3.05, 3.63) is 24.2 Å². The first-order valence-electron chi connectivity index (χ1n) is 4.88. The molecule has 0 bridgehead atoms. The number of ether oxygens (including phenoxy) is 1. The lowest BCUT2D eigenvalue weighted by Gasteiger charge is -2.13. The molecule has 4 nitrogen and oxygen atoms in total. The molecule has 0 spiro atoms. The van der Waals surface area contributed by atoms with Crippen molar-refractivity contribution >= 4 is 0 Å². The predicted molar refractivity (Wildman–Crippen MR) is 51.0 cm³/mol. The SMILES string of the molecule is OC1COCC1NCCc1ccco1. The largest absolute Gasteiger partial charge is 0.469 e. The van der Waals surface area contributed by atoms with E-state index in [9.17, 15) is 5.11 Å². The first kappa shape index (κ1) is 9.71. The lowest BCUT2D eigenvalue weighted by Crippen LogP contribution is -2.39. The van der Waals surface area contributed by atoms with Crippen molar-refractivity contribution in [3.63, 3.8) is 0 Å². The molecule has 0 saturated carbocycles. The third kappa shape index (κ3) is 2.35. The fourth-order valence-corrected chi connectivity index (χ4v) is 1.57. The molecular weight excluding hydrogens is 182 g/mol. The molecule has 2 N–H and O–H groups in total. The van der Waals surface area contributed by atoms with Crippen molar-refractivity contribution in [1.29, 1.82) is 0 Å². The molecule has 4 heteroatoms. The number of aliphatic hydroxyl groups is 1. The van der Waals surface area contributed by atoms with Gasteiger partial charge in [-0.3, -0.25) is 0 Å². The highest BCUT2D eigenvalue weighted by atomic mass is 16.5. The van der Waals surface area contributed by atoms with Gasteiger partial charge in [-0.25, -0.2) is 0 Å². The Bertz CT molecular complexity index is 260. The average molecular weight is 197 g/mol. The predicted octanol–water partition coefficient (Wildman–Crippen LogP) is 0.171. The highest BCUT2D eigenvalue weighted by Crippen LogP contribution is 2.05. The van der Waals surface area contributed by atoms with E-state index in [0.717, 1.165) is 18.7 Å². The number of rotatable bonds is 4. The molecule has 1 saturated heterocycles. The van der Waals surface area contributed by atoms with Crippen LogP contribution in [0.5, 0.6) is 0 Å². The number of hydrogen-bond acceptors (Lipinski definition) is 4. The monoisotopic (exact) mass is 197 g/mol. The molecule has 1 aromatic rings. The van der Waals surface area contributed by atoms with Gasteiger partial charge in [0.2, 0.25) is 0 Å². The summed E-state index contributed by atoms with van der Waals surface area (Å²) in [5.74, 6) is 0.964. The van der Waals surface area contributed by atoms with Crippen molar-refractivity contribution in [2.24, 2.45) is 0 Å². The van der Waals surface area contributed by atoms with Crippen molar-refractivity contribution in [2.45, 2.75) is 18.6 Å². The second-order valence-corrected chi connectivity index (χ2v) is 3.49. The molecular formula is C10H15NO3. The summed E-state index contributed by atoms with van der Waals surface area (Å²) in [4.78, 5) is 0. The van der Waals surface area contributed by atoms with Crippen LogP contribution >= 0.6 is 0 Å². The molecule has 2 heterocycles. The van der Waals surface area contributed by atoms with Crippen LogP contribution in [0, 0.1) is 0 Å². The second kappa shape index (κ2) is 4.59. The van der Waals surface area contributed by atoms with Crippen LogP contribution in [0.2, 0.25) is 0 Å². The number of furan rings is 1. The first-order chi connectivity index (χ1) is 6.86. The Morgan fingerprint density at radius 1 is 1.50 bits per heavy atom. The third-order valence-corrected chi connectivity index (χ3v) is 2.41. The summed E-state index contributed by atoms with van der Waals surface area (Å²) in [6.07, 6.45) is 2.14. The van der Waals surface area contributed by atoms with Crippen molar-refractivity contribution in [3.8, 4) is 0 Å². The minimum Gasteiger partial charge on any atom is -0.469 e. The zero-order valence-corrected chi connectivity index (χ0v) is 7.98. The highest BCUT2D eigenvalue weighted by Gasteiger charge is 2.25. The Morgan fingerprint density at radius 2 is 2.43 bits per heavy atom. The Labute approximate surface area is 82.9 Å². The van der Waals surface area contributed by atoms with Crippen LogP contribution < -0.4 is 5.32 Å². The van der Waals surface area contributed by atoms with E-state index in [4.69, 9.17) is 9.15 Å². The molecule has 1 aliphatic heterocycles. The van der Waals surface area contributed by atoms with E-state index in [1.165, 1.54) is 0 Å². The van der Waals surface area contributed by atoms with Gasteiger partial charge in [0, 0.05) is 13.0 Å². The van der Waals surface area contributed by atoms with Crippen molar-refractivity contribution < 1.29 is 14.3 Å². The maximum absolute atomic E-state index is 9.44. The summed E-state index contributed by atoms with van der Waals surface area (Å²) in [5, 5.41) is 12.7. The van der Waals surface area contributed by atoms with E-state index in [2.05, 4.69) is 5.32 Å². The summed E-state index contributed by atoms with van der Waals surface area (Å²) in [7, 11) is 0. The smallest absolute Gasteiger partial charge is 0.105 e. The van der Waals surface area contributed by atoms with Gasteiger partial charge in [-0.05, 0) is 12.1 Å². The van der Waals surface area contributed by atoms with Crippen LogP contribution in [-0.4, -0.2) is 37.0 Å². The van der Waals surface area contributed by atoms with Crippen LogP contribution in [0.4, 0.5) is 0 Å². The Balaban J connectivity index is 1.68. The van der Waals surface area contributed by atoms with Gasteiger partial charge < -0.3 is 19.6 Å². The molecule has 78 valence electrons. The second-order valence-electron chi connectivity index (χ2n) is 3.49.